The number of oxime groups is 1. The summed E-state index contributed by atoms with van der Waals surface area (Å²) < 4.78 is 6.37. The third-order valence-electron chi connectivity index (χ3n) is 2.18. The molecule has 0 fully saturated rings. The number of hydrogen-bond donors (Lipinski definition) is 0. The van der Waals surface area contributed by atoms with Crippen LogP contribution < -0.4 is 0 Å². The molecule has 1 aromatic carbocycles. The first-order valence-electron chi connectivity index (χ1n) is 4.90. The maximum absolute atomic E-state index is 5.34. The Morgan fingerprint density at radius 1 is 1.53 bits per heavy atom. The maximum atomic E-state index is 5.34. The van der Waals surface area contributed by atoms with Gasteiger partial charge in [-0.2, -0.15) is 0 Å². The molecule has 0 spiro atoms. The minimum atomic E-state index is -0.225. The molecule has 0 bridgehead atoms. The second-order valence-electron chi connectivity index (χ2n) is 3.21. The number of benzene rings is 1. The summed E-state index contributed by atoms with van der Waals surface area (Å²) in [6, 6.07) is 7.97. The quantitative estimate of drug-likeness (QED) is 0.845. The second-order valence-corrected chi connectivity index (χ2v) is 4.07. The van der Waals surface area contributed by atoms with Gasteiger partial charge < -0.3 is 9.57 Å². The molecule has 1 unspecified atom stereocenters. The summed E-state index contributed by atoms with van der Waals surface area (Å²) in [4.78, 5) is 5.16. The second kappa shape index (κ2) is 4.77. The Balaban J connectivity index is 2.11. The van der Waals surface area contributed by atoms with Crippen LogP contribution in [-0.2, 0) is 9.57 Å². The van der Waals surface area contributed by atoms with Crippen molar-refractivity contribution in [2.24, 2.45) is 5.16 Å². The van der Waals surface area contributed by atoms with E-state index in [1.165, 1.54) is 0 Å². The van der Waals surface area contributed by atoms with E-state index in [9.17, 15) is 0 Å². The minimum Gasteiger partial charge on any atom is -0.363 e. The predicted octanol–water partition coefficient (Wildman–Crippen LogP) is 2.94. The molecule has 1 heterocycles. The molecule has 2 rings (SSSR count). The van der Waals surface area contributed by atoms with Crippen LogP contribution >= 0.6 is 15.9 Å². The average Bonchev–Trinajstić information content (AvgIpc) is 2.68. The van der Waals surface area contributed by atoms with Crippen LogP contribution in [0.4, 0.5) is 0 Å². The smallest absolute Gasteiger partial charge is 0.232 e. The van der Waals surface area contributed by atoms with Crippen LogP contribution in [0.1, 0.15) is 18.9 Å². The zero-order valence-corrected chi connectivity index (χ0v) is 10.0. The van der Waals surface area contributed by atoms with Gasteiger partial charge in [0, 0.05) is 16.6 Å². The van der Waals surface area contributed by atoms with Gasteiger partial charge in [-0.15, -0.1) is 0 Å². The Bertz CT molecular complexity index is 379. The standard InChI is InChI=1S/C11H12BrNO2/c1-2-14-11-7-10(13-15-11)8-5-3-4-6-9(8)12/h3-6,11H,2,7H2,1H3. The lowest BCUT2D eigenvalue weighted by Gasteiger charge is -2.06. The van der Waals surface area contributed by atoms with Crippen LogP contribution in [0.15, 0.2) is 33.9 Å². The van der Waals surface area contributed by atoms with Gasteiger partial charge in [-0.25, -0.2) is 0 Å². The van der Waals surface area contributed by atoms with Crippen molar-refractivity contribution in [3.05, 3.63) is 34.3 Å². The van der Waals surface area contributed by atoms with Gasteiger partial charge in [-0.3, -0.25) is 0 Å². The first kappa shape index (κ1) is 10.6. The van der Waals surface area contributed by atoms with Crippen molar-refractivity contribution in [3.63, 3.8) is 0 Å². The van der Waals surface area contributed by atoms with Crippen LogP contribution in [0.25, 0.3) is 0 Å². The van der Waals surface area contributed by atoms with Gasteiger partial charge in [-0.1, -0.05) is 39.3 Å². The van der Waals surface area contributed by atoms with Crippen LogP contribution in [-0.4, -0.2) is 18.6 Å². The van der Waals surface area contributed by atoms with Crippen molar-refractivity contribution >= 4 is 21.6 Å². The van der Waals surface area contributed by atoms with Crippen LogP contribution in [0.3, 0.4) is 0 Å². The normalized spacial score (nSPS) is 19.9. The molecule has 1 aliphatic heterocycles. The van der Waals surface area contributed by atoms with Gasteiger partial charge in [0.2, 0.25) is 6.29 Å². The molecule has 0 saturated carbocycles. The van der Waals surface area contributed by atoms with E-state index in [2.05, 4.69) is 21.1 Å². The van der Waals surface area contributed by atoms with Gasteiger partial charge in [0.1, 0.15) is 0 Å². The van der Waals surface area contributed by atoms with E-state index in [0.717, 1.165) is 15.7 Å². The summed E-state index contributed by atoms with van der Waals surface area (Å²) in [5.74, 6) is 0. The molecule has 15 heavy (non-hydrogen) atoms. The molecule has 0 N–H and O–H groups in total. The number of ether oxygens (including phenoxy) is 1. The number of halogens is 1. The third-order valence-corrected chi connectivity index (χ3v) is 2.87. The molecule has 4 heteroatoms. The van der Waals surface area contributed by atoms with Gasteiger partial charge in [0.25, 0.3) is 0 Å². The largest absolute Gasteiger partial charge is 0.363 e. The molecule has 80 valence electrons. The van der Waals surface area contributed by atoms with Crippen LogP contribution in [0.2, 0.25) is 0 Å². The first-order chi connectivity index (χ1) is 7.31. The molecule has 0 aromatic heterocycles. The molecule has 3 nitrogen and oxygen atoms in total. The van der Waals surface area contributed by atoms with Crippen molar-refractivity contribution in [2.75, 3.05) is 6.61 Å². The number of hydrogen-bond acceptors (Lipinski definition) is 3. The monoisotopic (exact) mass is 269 g/mol. The fourth-order valence-electron chi connectivity index (χ4n) is 1.48. The van der Waals surface area contributed by atoms with Crippen molar-refractivity contribution < 1.29 is 9.57 Å². The molecular weight excluding hydrogens is 258 g/mol. The van der Waals surface area contributed by atoms with E-state index < -0.39 is 0 Å². The van der Waals surface area contributed by atoms with Crippen molar-refractivity contribution in [3.8, 4) is 0 Å². The van der Waals surface area contributed by atoms with Gasteiger partial charge in [0.15, 0.2) is 0 Å². The highest BCUT2D eigenvalue weighted by atomic mass is 79.9. The number of rotatable bonds is 3. The highest BCUT2D eigenvalue weighted by molar-refractivity contribution is 9.10. The SMILES string of the molecule is CCOC1CC(c2ccccc2Br)=NO1. The van der Waals surface area contributed by atoms with Gasteiger partial charge >= 0.3 is 0 Å². The lowest BCUT2D eigenvalue weighted by Crippen LogP contribution is -2.12. The highest BCUT2D eigenvalue weighted by Gasteiger charge is 2.23. The summed E-state index contributed by atoms with van der Waals surface area (Å²) >= 11 is 3.49. The first-order valence-corrected chi connectivity index (χ1v) is 5.69. The molecule has 0 aliphatic carbocycles. The Hall–Kier alpha value is -0.870. The lowest BCUT2D eigenvalue weighted by atomic mass is 10.1. The number of nitrogens with zero attached hydrogens (tertiary/aromatic N) is 1. The topological polar surface area (TPSA) is 30.8 Å². The Kier molecular flexibility index (Phi) is 3.38. The summed E-state index contributed by atoms with van der Waals surface area (Å²) in [6.45, 7) is 2.59. The zero-order valence-electron chi connectivity index (χ0n) is 8.44. The van der Waals surface area contributed by atoms with Crippen LogP contribution in [0, 0.1) is 0 Å². The van der Waals surface area contributed by atoms with Crippen molar-refractivity contribution in [1.82, 2.24) is 0 Å². The van der Waals surface area contributed by atoms with E-state index in [-0.39, 0.29) is 6.29 Å². The fourth-order valence-corrected chi connectivity index (χ4v) is 2.00. The van der Waals surface area contributed by atoms with E-state index in [4.69, 9.17) is 9.57 Å². The average molecular weight is 270 g/mol. The third kappa shape index (κ3) is 2.38. The predicted molar refractivity (Wildman–Crippen MR) is 61.8 cm³/mol. The molecule has 0 radical (unpaired) electrons. The Morgan fingerprint density at radius 2 is 2.33 bits per heavy atom. The molecule has 0 amide bonds. The summed E-state index contributed by atoms with van der Waals surface area (Å²) in [6.07, 6.45) is 0.480. The summed E-state index contributed by atoms with van der Waals surface area (Å²) in [5.41, 5.74) is 2.00. The van der Waals surface area contributed by atoms with Crippen LogP contribution in [0.5, 0.6) is 0 Å². The molecule has 0 saturated heterocycles. The van der Waals surface area contributed by atoms with E-state index in [1.807, 2.05) is 31.2 Å². The van der Waals surface area contributed by atoms with E-state index in [0.29, 0.717) is 13.0 Å². The van der Waals surface area contributed by atoms with Gasteiger partial charge in [0.05, 0.1) is 12.1 Å². The molecule has 1 atom stereocenters. The summed E-state index contributed by atoms with van der Waals surface area (Å²) in [5, 5.41) is 4.03. The Morgan fingerprint density at radius 3 is 3.07 bits per heavy atom. The highest BCUT2D eigenvalue weighted by Crippen LogP contribution is 2.23. The Labute approximate surface area is 97.2 Å². The zero-order chi connectivity index (χ0) is 10.7. The maximum Gasteiger partial charge on any atom is 0.232 e. The lowest BCUT2D eigenvalue weighted by molar-refractivity contribution is -0.120. The van der Waals surface area contributed by atoms with Crippen molar-refractivity contribution in [1.29, 1.82) is 0 Å². The minimum absolute atomic E-state index is 0.225. The molecular formula is C11H12BrNO2. The van der Waals surface area contributed by atoms with E-state index >= 15 is 0 Å². The fraction of sp³-hybridized carbons (Fsp3) is 0.364. The van der Waals surface area contributed by atoms with Gasteiger partial charge in [-0.05, 0) is 13.0 Å². The molecule has 1 aromatic rings. The van der Waals surface area contributed by atoms with Crippen molar-refractivity contribution in [2.45, 2.75) is 19.6 Å². The summed E-state index contributed by atoms with van der Waals surface area (Å²) in [7, 11) is 0. The molecule has 1 aliphatic rings. The van der Waals surface area contributed by atoms with E-state index in [1.54, 1.807) is 0 Å².